The topological polar surface area (TPSA) is 57.4 Å². The standard InChI is InChI=1S/C42H26N4/c1-5-13-33-29(9-1)30-10-2-6-14-34(30)38-37(33)43-41(44-38)27-21-17-25(18-22-27)26-19-23-28(24-20-26)42-45-39-35-15-7-3-11-31(35)32-12-4-8-16-36(32)40(39)46-42/h1-24H,(H,43,44)(H,45,46). The van der Waals surface area contributed by atoms with Crippen LogP contribution in [0.5, 0.6) is 0 Å². The summed E-state index contributed by atoms with van der Waals surface area (Å²) in [4.78, 5) is 17.5. The third-order valence-electron chi connectivity index (χ3n) is 9.40. The second kappa shape index (κ2) is 9.62. The van der Waals surface area contributed by atoms with Crippen molar-refractivity contribution in [1.29, 1.82) is 0 Å². The molecule has 8 aromatic carbocycles. The van der Waals surface area contributed by atoms with Crippen LogP contribution in [0.4, 0.5) is 0 Å². The average Bonchev–Trinajstić information content (AvgIpc) is 3.79. The summed E-state index contributed by atoms with van der Waals surface area (Å²) in [5, 5.41) is 9.66. The van der Waals surface area contributed by atoms with Gasteiger partial charge < -0.3 is 9.97 Å². The highest BCUT2D eigenvalue weighted by Crippen LogP contribution is 2.37. The second-order valence-corrected chi connectivity index (χ2v) is 12.0. The van der Waals surface area contributed by atoms with E-state index < -0.39 is 0 Å². The minimum atomic E-state index is 0.878. The minimum Gasteiger partial charge on any atom is -0.337 e. The van der Waals surface area contributed by atoms with Gasteiger partial charge >= 0.3 is 0 Å². The van der Waals surface area contributed by atoms with E-state index in [1.165, 1.54) is 43.1 Å². The molecular formula is C42H26N4. The lowest BCUT2D eigenvalue weighted by atomic mass is 10.0. The van der Waals surface area contributed by atoms with Gasteiger partial charge in [-0.2, -0.15) is 0 Å². The van der Waals surface area contributed by atoms with E-state index >= 15 is 0 Å². The summed E-state index contributed by atoms with van der Waals surface area (Å²) < 4.78 is 0. The smallest absolute Gasteiger partial charge is 0.138 e. The molecule has 0 radical (unpaired) electrons. The predicted octanol–water partition coefficient (Wildman–Crippen LogP) is 11.1. The lowest BCUT2D eigenvalue weighted by Crippen LogP contribution is -1.84. The van der Waals surface area contributed by atoms with Crippen LogP contribution in [0.25, 0.3) is 99.1 Å². The fourth-order valence-corrected chi connectivity index (χ4v) is 7.16. The SMILES string of the molecule is c1ccc2c(c1)c1ccccc1c1[nH]c(-c3ccc(-c4ccc(-c5nc6c7ccccc7c7ccccc7c6[nH]5)cc4)cc3)nc21. The molecule has 0 aliphatic carbocycles. The molecule has 0 spiro atoms. The van der Waals surface area contributed by atoms with Gasteiger partial charge in [0.25, 0.3) is 0 Å². The number of rotatable bonds is 3. The maximum absolute atomic E-state index is 5.10. The minimum absolute atomic E-state index is 0.878. The summed E-state index contributed by atoms with van der Waals surface area (Å²) in [5.41, 5.74) is 8.61. The van der Waals surface area contributed by atoms with E-state index in [-0.39, 0.29) is 0 Å². The molecule has 2 aromatic heterocycles. The van der Waals surface area contributed by atoms with Gasteiger partial charge in [0.1, 0.15) is 11.6 Å². The molecule has 10 rings (SSSR count). The predicted molar refractivity (Wildman–Crippen MR) is 192 cm³/mol. The average molecular weight is 587 g/mol. The first kappa shape index (κ1) is 25.1. The fourth-order valence-electron chi connectivity index (χ4n) is 7.16. The van der Waals surface area contributed by atoms with Gasteiger partial charge in [-0.25, -0.2) is 9.97 Å². The Hall–Kier alpha value is -6.26. The molecule has 0 saturated heterocycles. The number of aromatic amines is 2. The van der Waals surface area contributed by atoms with Crippen molar-refractivity contribution in [3.05, 3.63) is 146 Å². The van der Waals surface area contributed by atoms with Gasteiger partial charge in [0, 0.05) is 32.7 Å². The Bertz CT molecular complexity index is 2440. The van der Waals surface area contributed by atoms with Crippen LogP contribution in [0, 0.1) is 0 Å². The highest BCUT2D eigenvalue weighted by molar-refractivity contribution is 6.24. The zero-order chi connectivity index (χ0) is 30.2. The van der Waals surface area contributed by atoms with Crippen LogP contribution >= 0.6 is 0 Å². The molecule has 0 atom stereocenters. The molecule has 0 aliphatic heterocycles. The number of hydrogen-bond acceptors (Lipinski definition) is 2. The van der Waals surface area contributed by atoms with E-state index in [1.807, 2.05) is 0 Å². The molecular weight excluding hydrogens is 560 g/mol. The van der Waals surface area contributed by atoms with Gasteiger partial charge in [0.15, 0.2) is 0 Å². The lowest BCUT2D eigenvalue weighted by Gasteiger charge is -2.05. The van der Waals surface area contributed by atoms with E-state index in [1.54, 1.807) is 0 Å². The maximum atomic E-state index is 5.10. The zero-order valence-electron chi connectivity index (χ0n) is 24.8. The number of aromatic nitrogens is 4. The Morgan fingerprint density at radius 3 is 0.935 bits per heavy atom. The van der Waals surface area contributed by atoms with Crippen molar-refractivity contribution in [3.8, 4) is 33.9 Å². The summed E-state index contributed by atoms with van der Waals surface area (Å²) >= 11 is 0. The van der Waals surface area contributed by atoms with Crippen molar-refractivity contribution in [2.45, 2.75) is 0 Å². The molecule has 2 N–H and O–H groups in total. The highest BCUT2D eigenvalue weighted by atomic mass is 14.9. The first-order valence-electron chi connectivity index (χ1n) is 15.6. The molecule has 0 bridgehead atoms. The lowest BCUT2D eigenvalue weighted by molar-refractivity contribution is 1.34. The number of H-pyrrole nitrogens is 2. The number of imidazole rings is 2. The molecule has 0 amide bonds. The van der Waals surface area contributed by atoms with E-state index in [0.29, 0.717) is 0 Å². The number of hydrogen-bond donors (Lipinski definition) is 2. The van der Waals surface area contributed by atoms with Crippen LogP contribution in [0.1, 0.15) is 0 Å². The summed E-state index contributed by atoms with van der Waals surface area (Å²) in [6.45, 7) is 0. The molecule has 0 saturated carbocycles. The number of fused-ring (bicyclic) bond motifs is 12. The van der Waals surface area contributed by atoms with Crippen molar-refractivity contribution < 1.29 is 0 Å². The second-order valence-electron chi connectivity index (χ2n) is 12.0. The molecule has 0 aliphatic rings. The number of nitrogens with zero attached hydrogens (tertiary/aromatic N) is 2. The number of nitrogens with one attached hydrogen (secondary N) is 2. The molecule has 4 heteroatoms. The van der Waals surface area contributed by atoms with E-state index in [0.717, 1.165) is 56.0 Å². The molecule has 0 unspecified atom stereocenters. The largest absolute Gasteiger partial charge is 0.337 e. The normalized spacial score (nSPS) is 11.9. The summed E-state index contributed by atoms with van der Waals surface area (Å²) in [7, 11) is 0. The molecule has 214 valence electrons. The van der Waals surface area contributed by atoms with Crippen LogP contribution in [-0.2, 0) is 0 Å². The summed E-state index contributed by atoms with van der Waals surface area (Å²) in [5.74, 6) is 1.76. The van der Waals surface area contributed by atoms with Crippen molar-refractivity contribution >= 4 is 65.2 Å². The fraction of sp³-hybridized carbons (Fsp3) is 0. The Morgan fingerprint density at radius 1 is 0.283 bits per heavy atom. The van der Waals surface area contributed by atoms with E-state index in [2.05, 4.69) is 156 Å². The monoisotopic (exact) mass is 586 g/mol. The molecule has 46 heavy (non-hydrogen) atoms. The molecule has 2 heterocycles. The van der Waals surface area contributed by atoms with Gasteiger partial charge in [-0.05, 0) is 32.7 Å². The quantitative estimate of drug-likeness (QED) is 0.202. The highest BCUT2D eigenvalue weighted by Gasteiger charge is 2.15. The molecule has 0 fully saturated rings. The number of benzene rings is 8. The third kappa shape index (κ3) is 3.67. The van der Waals surface area contributed by atoms with Crippen LogP contribution in [0.2, 0.25) is 0 Å². The van der Waals surface area contributed by atoms with Crippen molar-refractivity contribution in [1.82, 2.24) is 19.9 Å². The first-order chi connectivity index (χ1) is 22.8. The van der Waals surface area contributed by atoms with Gasteiger partial charge in [0.05, 0.1) is 22.1 Å². The van der Waals surface area contributed by atoms with Crippen molar-refractivity contribution in [3.63, 3.8) is 0 Å². The molecule has 10 aromatic rings. The first-order valence-corrected chi connectivity index (χ1v) is 15.6. The van der Waals surface area contributed by atoms with Crippen LogP contribution in [-0.4, -0.2) is 19.9 Å². The van der Waals surface area contributed by atoms with Gasteiger partial charge in [-0.3, -0.25) is 0 Å². The van der Waals surface area contributed by atoms with Gasteiger partial charge in [-0.1, -0.05) is 146 Å². The van der Waals surface area contributed by atoms with Gasteiger partial charge in [0.2, 0.25) is 0 Å². The summed E-state index contributed by atoms with van der Waals surface area (Å²) in [6, 6.07) is 51.5. The zero-order valence-corrected chi connectivity index (χ0v) is 24.8. The van der Waals surface area contributed by atoms with E-state index in [4.69, 9.17) is 9.97 Å². The Morgan fingerprint density at radius 2 is 0.565 bits per heavy atom. The van der Waals surface area contributed by atoms with Crippen molar-refractivity contribution in [2.24, 2.45) is 0 Å². The Balaban J connectivity index is 1.01. The maximum Gasteiger partial charge on any atom is 0.138 e. The Labute approximate surface area is 264 Å². The van der Waals surface area contributed by atoms with E-state index in [9.17, 15) is 0 Å². The molecule has 4 nitrogen and oxygen atoms in total. The van der Waals surface area contributed by atoms with Crippen LogP contribution in [0.15, 0.2) is 146 Å². The van der Waals surface area contributed by atoms with Crippen LogP contribution in [0.3, 0.4) is 0 Å². The van der Waals surface area contributed by atoms with Crippen molar-refractivity contribution in [2.75, 3.05) is 0 Å². The Kier molecular flexibility index (Phi) is 5.25. The van der Waals surface area contributed by atoms with Gasteiger partial charge in [-0.15, -0.1) is 0 Å². The van der Waals surface area contributed by atoms with Crippen LogP contribution < -0.4 is 0 Å². The summed E-state index contributed by atoms with van der Waals surface area (Å²) in [6.07, 6.45) is 0. The third-order valence-corrected chi connectivity index (χ3v) is 9.40.